The first-order valence-corrected chi connectivity index (χ1v) is 6.30. The second-order valence-electron chi connectivity index (χ2n) is 4.63. The minimum Gasteiger partial charge on any atom is -0.308 e. The van der Waals surface area contributed by atoms with Gasteiger partial charge < -0.3 is 5.32 Å². The summed E-state index contributed by atoms with van der Waals surface area (Å²) in [5.74, 6) is 1.95. The summed E-state index contributed by atoms with van der Waals surface area (Å²) in [5.41, 5.74) is 0. The minimum atomic E-state index is 0.237. The SMILES string of the molecule is CCNC(C)c1nnnn1CCCC1CC1. The monoisotopic (exact) mass is 223 g/mol. The van der Waals surface area contributed by atoms with Crippen LogP contribution in [0.1, 0.15) is 51.4 Å². The van der Waals surface area contributed by atoms with Gasteiger partial charge in [-0.15, -0.1) is 5.10 Å². The predicted octanol–water partition coefficient (Wildman–Crippen LogP) is 1.53. The van der Waals surface area contributed by atoms with Crippen LogP contribution >= 0.6 is 0 Å². The molecule has 0 aliphatic heterocycles. The number of tetrazole rings is 1. The highest BCUT2D eigenvalue weighted by atomic mass is 15.5. The predicted molar refractivity (Wildman–Crippen MR) is 61.9 cm³/mol. The van der Waals surface area contributed by atoms with Crippen molar-refractivity contribution in [2.24, 2.45) is 5.92 Å². The zero-order valence-electron chi connectivity index (χ0n) is 10.2. The standard InChI is InChI=1S/C11H21N5/c1-3-12-9(2)11-13-14-15-16(11)8-4-5-10-6-7-10/h9-10,12H,3-8H2,1-2H3. The summed E-state index contributed by atoms with van der Waals surface area (Å²) in [6.07, 6.45) is 5.38. The number of rotatable bonds is 7. The minimum absolute atomic E-state index is 0.237. The third kappa shape index (κ3) is 3.01. The summed E-state index contributed by atoms with van der Waals surface area (Å²) in [7, 11) is 0. The van der Waals surface area contributed by atoms with Crippen LogP contribution in [0.25, 0.3) is 0 Å². The van der Waals surface area contributed by atoms with Crippen molar-refractivity contribution in [2.75, 3.05) is 6.54 Å². The first kappa shape index (κ1) is 11.5. The average Bonchev–Trinajstić information content (AvgIpc) is 2.96. The van der Waals surface area contributed by atoms with E-state index in [1.807, 2.05) is 4.68 Å². The van der Waals surface area contributed by atoms with E-state index in [0.717, 1.165) is 24.8 Å². The summed E-state index contributed by atoms with van der Waals surface area (Å²) in [6, 6.07) is 0.237. The molecule has 1 aromatic rings. The van der Waals surface area contributed by atoms with Crippen molar-refractivity contribution in [3.63, 3.8) is 0 Å². The summed E-state index contributed by atoms with van der Waals surface area (Å²) >= 11 is 0. The van der Waals surface area contributed by atoms with Crippen molar-refractivity contribution in [2.45, 2.75) is 52.1 Å². The zero-order valence-corrected chi connectivity index (χ0v) is 10.2. The molecule has 5 heteroatoms. The topological polar surface area (TPSA) is 55.6 Å². The molecule has 90 valence electrons. The molecule has 1 heterocycles. The molecule has 1 atom stereocenters. The van der Waals surface area contributed by atoms with Crippen molar-refractivity contribution >= 4 is 0 Å². The molecule has 0 saturated heterocycles. The molecule has 0 bridgehead atoms. The lowest BCUT2D eigenvalue weighted by atomic mass is 10.2. The number of aromatic nitrogens is 4. The molecule has 5 nitrogen and oxygen atoms in total. The van der Waals surface area contributed by atoms with Gasteiger partial charge in [0.15, 0.2) is 5.82 Å². The van der Waals surface area contributed by atoms with Crippen LogP contribution in [0.3, 0.4) is 0 Å². The van der Waals surface area contributed by atoms with E-state index in [-0.39, 0.29) is 6.04 Å². The van der Waals surface area contributed by atoms with Gasteiger partial charge in [0.1, 0.15) is 0 Å². The van der Waals surface area contributed by atoms with E-state index >= 15 is 0 Å². The largest absolute Gasteiger partial charge is 0.308 e. The lowest BCUT2D eigenvalue weighted by Crippen LogP contribution is -2.22. The fourth-order valence-corrected chi connectivity index (χ4v) is 2.01. The Bertz CT molecular complexity index is 318. The molecule has 1 unspecified atom stereocenters. The average molecular weight is 223 g/mol. The smallest absolute Gasteiger partial charge is 0.167 e. The molecule has 1 aliphatic carbocycles. The van der Waals surface area contributed by atoms with Crippen LogP contribution in [0.15, 0.2) is 0 Å². The zero-order chi connectivity index (χ0) is 11.4. The second-order valence-corrected chi connectivity index (χ2v) is 4.63. The molecule has 0 radical (unpaired) electrons. The van der Waals surface area contributed by atoms with Crippen molar-refractivity contribution in [1.29, 1.82) is 0 Å². The highest BCUT2D eigenvalue weighted by molar-refractivity contribution is 4.89. The number of nitrogens with zero attached hydrogens (tertiary/aromatic N) is 4. The van der Waals surface area contributed by atoms with Crippen LogP contribution in [0.5, 0.6) is 0 Å². The molecular formula is C11H21N5. The van der Waals surface area contributed by atoms with Crippen LogP contribution in [0.4, 0.5) is 0 Å². The molecule has 0 aromatic carbocycles. The van der Waals surface area contributed by atoms with Crippen LogP contribution in [-0.2, 0) is 6.54 Å². The Morgan fingerprint density at radius 1 is 1.50 bits per heavy atom. The molecule has 1 aromatic heterocycles. The van der Waals surface area contributed by atoms with Gasteiger partial charge in [0.2, 0.25) is 0 Å². The first-order valence-electron chi connectivity index (χ1n) is 6.30. The van der Waals surface area contributed by atoms with Crippen molar-refractivity contribution in [3.05, 3.63) is 5.82 Å². The van der Waals surface area contributed by atoms with E-state index in [9.17, 15) is 0 Å². The second kappa shape index (κ2) is 5.39. The lowest BCUT2D eigenvalue weighted by Gasteiger charge is -2.11. The third-order valence-electron chi connectivity index (χ3n) is 3.14. The quantitative estimate of drug-likeness (QED) is 0.761. The molecule has 1 aliphatic rings. The van der Waals surface area contributed by atoms with Crippen LogP contribution < -0.4 is 5.32 Å². The molecule has 16 heavy (non-hydrogen) atoms. The summed E-state index contributed by atoms with van der Waals surface area (Å²) in [4.78, 5) is 0. The number of hydrogen-bond donors (Lipinski definition) is 1. The Morgan fingerprint density at radius 3 is 3.00 bits per heavy atom. The molecule has 2 rings (SSSR count). The third-order valence-corrected chi connectivity index (χ3v) is 3.14. The Labute approximate surface area is 96.6 Å². The Balaban J connectivity index is 1.84. The maximum atomic E-state index is 4.09. The van der Waals surface area contributed by atoms with Gasteiger partial charge in [-0.05, 0) is 42.7 Å². The van der Waals surface area contributed by atoms with E-state index < -0.39 is 0 Å². The number of hydrogen-bond acceptors (Lipinski definition) is 4. The summed E-state index contributed by atoms with van der Waals surface area (Å²) in [5, 5.41) is 15.2. The van der Waals surface area contributed by atoms with Crippen molar-refractivity contribution < 1.29 is 0 Å². The molecule has 1 fully saturated rings. The van der Waals surface area contributed by atoms with Crippen LogP contribution in [-0.4, -0.2) is 26.8 Å². The van der Waals surface area contributed by atoms with Crippen molar-refractivity contribution in [3.8, 4) is 0 Å². The Morgan fingerprint density at radius 2 is 2.31 bits per heavy atom. The van der Waals surface area contributed by atoms with E-state index in [1.165, 1.54) is 25.7 Å². The van der Waals surface area contributed by atoms with E-state index in [0.29, 0.717) is 0 Å². The van der Waals surface area contributed by atoms with E-state index in [4.69, 9.17) is 0 Å². The highest BCUT2D eigenvalue weighted by Gasteiger charge is 2.21. The van der Waals surface area contributed by atoms with Gasteiger partial charge in [0, 0.05) is 6.54 Å². The van der Waals surface area contributed by atoms with Gasteiger partial charge in [0.25, 0.3) is 0 Å². The lowest BCUT2D eigenvalue weighted by molar-refractivity contribution is 0.469. The highest BCUT2D eigenvalue weighted by Crippen LogP contribution is 2.33. The van der Waals surface area contributed by atoms with Gasteiger partial charge >= 0.3 is 0 Å². The van der Waals surface area contributed by atoms with Gasteiger partial charge in [-0.2, -0.15) is 0 Å². The molecular weight excluding hydrogens is 202 g/mol. The van der Waals surface area contributed by atoms with Crippen molar-refractivity contribution in [1.82, 2.24) is 25.5 Å². The van der Waals surface area contributed by atoms with Gasteiger partial charge in [-0.25, -0.2) is 4.68 Å². The van der Waals surface area contributed by atoms with Gasteiger partial charge in [0.05, 0.1) is 6.04 Å². The van der Waals surface area contributed by atoms with E-state index in [1.54, 1.807) is 0 Å². The van der Waals surface area contributed by atoms with Gasteiger partial charge in [-0.1, -0.05) is 19.8 Å². The Hall–Kier alpha value is -0.970. The molecule has 1 saturated carbocycles. The first-order chi connectivity index (χ1) is 7.81. The molecule has 0 amide bonds. The summed E-state index contributed by atoms with van der Waals surface area (Å²) in [6.45, 7) is 6.09. The normalized spacial score (nSPS) is 17.6. The van der Waals surface area contributed by atoms with E-state index in [2.05, 4.69) is 34.7 Å². The Kier molecular flexibility index (Phi) is 3.88. The van der Waals surface area contributed by atoms with Crippen LogP contribution in [0, 0.1) is 5.92 Å². The van der Waals surface area contributed by atoms with Gasteiger partial charge in [-0.3, -0.25) is 0 Å². The number of nitrogens with one attached hydrogen (secondary N) is 1. The molecule has 0 spiro atoms. The fraction of sp³-hybridized carbons (Fsp3) is 0.909. The van der Waals surface area contributed by atoms with Crippen LogP contribution in [0.2, 0.25) is 0 Å². The maximum absolute atomic E-state index is 4.09. The molecule has 1 N–H and O–H groups in total. The summed E-state index contributed by atoms with van der Waals surface area (Å²) < 4.78 is 1.94. The fourth-order valence-electron chi connectivity index (χ4n) is 2.01. The maximum Gasteiger partial charge on any atom is 0.167 e. The number of aryl methyl sites for hydroxylation is 1.